The van der Waals surface area contributed by atoms with E-state index in [1.807, 2.05) is 0 Å². The Hall–Kier alpha value is -0.890. The van der Waals surface area contributed by atoms with E-state index in [9.17, 15) is 0 Å². The maximum absolute atomic E-state index is 5.82. The average Bonchev–Trinajstić information content (AvgIpc) is 3.12. The van der Waals surface area contributed by atoms with Crippen molar-refractivity contribution in [1.29, 1.82) is 0 Å². The van der Waals surface area contributed by atoms with E-state index in [1.165, 1.54) is 17.7 Å². The number of nitrogen functional groups attached to an aromatic ring is 1. The van der Waals surface area contributed by atoms with Crippen LogP contribution in [0.2, 0.25) is 0 Å². The fourth-order valence-corrected chi connectivity index (χ4v) is 3.17. The Morgan fingerprint density at radius 1 is 1.42 bits per heavy atom. The number of hydrogen-bond donors (Lipinski definition) is 1. The molecule has 2 N–H and O–H groups in total. The Bertz CT molecular complexity index is 554. The van der Waals surface area contributed by atoms with Crippen LogP contribution in [0.25, 0.3) is 0 Å². The van der Waals surface area contributed by atoms with Gasteiger partial charge in [0.15, 0.2) is 0 Å². The van der Waals surface area contributed by atoms with Crippen molar-refractivity contribution in [3.63, 3.8) is 0 Å². The van der Waals surface area contributed by atoms with Gasteiger partial charge in [-0.3, -0.25) is 0 Å². The zero-order valence-electron chi connectivity index (χ0n) is 10.4. The molecule has 1 fully saturated rings. The summed E-state index contributed by atoms with van der Waals surface area (Å²) < 4.78 is 0.856. The average molecular weight is 386 g/mol. The minimum Gasteiger partial charge on any atom is -0.368 e. The van der Waals surface area contributed by atoms with Gasteiger partial charge in [0.2, 0.25) is 5.95 Å². The minimum absolute atomic E-state index is 0.376. The van der Waals surface area contributed by atoms with Crippen LogP contribution in [0.15, 0.2) is 23.6 Å². The Balaban J connectivity index is 1.89. The number of alkyl halides is 1. The number of halogens is 1. The Morgan fingerprint density at radius 2 is 2.26 bits per heavy atom. The van der Waals surface area contributed by atoms with Gasteiger partial charge >= 0.3 is 0 Å². The summed E-state index contributed by atoms with van der Waals surface area (Å²) in [5.41, 5.74) is 6.82. The standard InChI is InChI=1S/C13H15IN4S/c14-7-9-6-12(17-13(15)16-9)18(10-3-4-10)8-11-2-1-5-19-11/h1-2,5-6,10H,3-4,7-8H2,(H2,15,16,17). The van der Waals surface area contributed by atoms with Crippen molar-refractivity contribution in [2.45, 2.75) is 29.9 Å². The van der Waals surface area contributed by atoms with E-state index in [0.717, 1.165) is 22.5 Å². The lowest BCUT2D eigenvalue weighted by Gasteiger charge is -2.23. The van der Waals surface area contributed by atoms with Crippen LogP contribution >= 0.6 is 33.9 Å². The number of thiophene rings is 1. The molecule has 3 rings (SSSR count). The third kappa shape index (κ3) is 3.17. The summed E-state index contributed by atoms with van der Waals surface area (Å²) in [5.74, 6) is 1.34. The molecule has 0 radical (unpaired) electrons. The quantitative estimate of drug-likeness (QED) is 0.633. The van der Waals surface area contributed by atoms with Crippen LogP contribution in [0.4, 0.5) is 11.8 Å². The largest absolute Gasteiger partial charge is 0.368 e. The molecule has 0 aliphatic heterocycles. The van der Waals surface area contributed by atoms with Gasteiger partial charge in [0, 0.05) is 21.4 Å². The number of hydrogen-bond acceptors (Lipinski definition) is 5. The highest BCUT2D eigenvalue weighted by molar-refractivity contribution is 14.1. The van der Waals surface area contributed by atoms with Gasteiger partial charge < -0.3 is 10.6 Å². The molecule has 6 heteroatoms. The lowest BCUT2D eigenvalue weighted by Crippen LogP contribution is -2.26. The van der Waals surface area contributed by atoms with Gasteiger partial charge in [-0.25, -0.2) is 4.98 Å². The molecule has 2 heterocycles. The van der Waals surface area contributed by atoms with E-state index in [2.05, 4.69) is 61.0 Å². The SMILES string of the molecule is Nc1nc(CI)cc(N(Cc2cccs2)C2CC2)n1. The van der Waals surface area contributed by atoms with Gasteiger partial charge in [-0.15, -0.1) is 11.3 Å². The molecule has 4 nitrogen and oxygen atoms in total. The molecular weight excluding hydrogens is 371 g/mol. The van der Waals surface area contributed by atoms with Gasteiger partial charge in [-0.05, 0) is 24.3 Å². The summed E-state index contributed by atoms with van der Waals surface area (Å²) in [6, 6.07) is 6.94. The summed E-state index contributed by atoms with van der Waals surface area (Å²) in [4.78, 5) is 12.4. The molecule has 0 saturated heterocycles. The summed E-state index contributed by atoms with van der Waals surface area (Å²) in [7, 11) is 0. The molecular formula is C13H15IN4S. The Kier molecular flexibility index (Phi) is 3.88. The first-order valence-electron chi connectivity index (χ1n) is 6.24. The highest BCUT2D eigenvalue weighted by Crippen LogP contribution is 2.33. The molecule has 1 aliphatic carbocycles. The van der Waals surface area contributed by atoms with Crippen LogP contribution in [0.3, 0.4) is 0 Å². The Labute approximate surface area is 130 Å². The lowest BCUT2D eigenvalue weighted by atomic mass is 10.3. The second kappa shape index (κ2) is 5.62. The van der Waals surface area contributed by atoms with Gasteiger partial charge in [0.1, 0.15) is 5.82 Å². The number of nitrogens with two attached hydrogens (primary N) is 1. The first-order chi connectivity index (χ1) is 9.26. The molecule has 0 aromatic carbocycles. The van der Waals surface area contributed by atoms with Crippen molar-refractivity contribution >= 4 is 45.7 Å². The van der Waals surface area contributed by atoms with E-state index in [0.29, 0.717) is 12.0 Å². The lowest BCUT2D eigenvalue weighted by molar-refractivity contribution is 0.783. The summed E-state index contributed by atoms with van der Waals surface area (Å²) in [6.07, 6.45) is 2.49. The van der Waals surface area contributed by atoms with Crippen molar-refractivity contribution < 1.29 is 0 Å². The minimum atomic E-state index is 0.376. The van der Waals surface area contributed by atoms with E-state index < -0.39 is 0 Å². The van der Waals surface area contributed by atoms with Gasteiger partial charge in [0.05, 0.1) is 12.2 Å². The molecule has 0 amide bonds. The maximum Gasteiger partial charge on any atom is 0.222 e. The molecule has 19 heavy (non-hydrogen) atoms. The van der Waals surface area contributed by atoms with E-state index in [4.69, 9.17) is 5.73 Å². The molecule has 2 aromatic heterocycles. The molecule has 100 valence electrons. The van der Waals surface area contributed by atoms with Gasteiger partial charge in [-0.2, -0.15) is 4.98 Å². The first kappa shape index (κ1) is 13.1. The fraction of sp³-hybridized carbons (Fsp3) is 0.385. The third-order valence-electron chi connectivity index (χ3n) is 3.11. The number of nitrogens with zero attached hydrogens (tertiary/aromatic N) is 3. The summed E-state index contributed by atoms with van der Waals surface area (Å²) >= 11 is 4.09. The fourth-order valence-electron chi connectivity index (χ4n) is 2.07. The number of anilines is 2. The number of aromatic nitrogens is 2. The zero-order valence-corrected chi connectivity index (χ0v) is 13.4. The van der Waals surface area contributed by atoms with E-state index >= 15 is 0 Å². The van der Waals surface area contributed by atoms with Crippen LogP contribution in [0, 0.1) is 0 Å². The number of rotatable bonds is 5. The summed E-state index contributed by atoms with van der Waals surface area (Å²) in [6.45, 7) is 0.916. The summed E-state index contributed by atoms with van der Waals surface area (Å²) in [5, 5.41) is 2.12. The molecule has 0 unspecified atom stereocenters. The van der Waals surface area contributed by atoms with Crippen molar-refractivity contribution in [2.24, 2.45) is 0 Å². The normalized spacial score (nSPS) is 14.6. The molecule has 2 aromatic rings. The molecule has 1 saturated carbocycles. The van der Waals surface area contributed by atoms with Crippen LogP contribution in [-0.2, 0) is 11.0 Å². The highest BCUT2D eigenvalue weighted by Gasteiger charge is 2.30. The topological polar surface area (TPSA) is 55.0 Å². The predicted octanol–water partition coefficient (Wildman–Crippen LogP) is 3.22. The third-order valence-corrected chi connectivity index (χ3v) is 4.75. The smallest absolute Gasteiger partial charge is 0.222 e. The molecule has 1 aliphatic rings. The van der Waals surface area contributed by atoms with Crippen LogP contribution in [-0.4, -0.2) is 16.0 Å². The van der Waals surface area contributed by atoms with Crippen LogP contribution < -0.4 is 10.6 Å². The van der Waals surface area contributed by atoms with E-state index in [1.54, 1.807) is 11.3 Å². The van der Waals surface area contributed by atoms with Crippen LogP contribution in [0.5, 0.6) is 0 Å². The van der Waals surface area contributed by atoms with E-state index in [-0.39, 0.29) is 0 Å². The van der Waals surface area contributed by atoms with Gasteiger partial charge in [0.25, 0.3) is 0 Å². The monoisotopic (exact) mass is 386 g/mol. The highest BCUT2D eigenvalue weighted by atomic mass is 127. The van der Waals surface area contributed by atoms with Crippen molar-refractivity contribution in [3.8, 4) is 0 Å². The Morgan fingerprint density at radius 3 is 2.89 bits per heavy atom. The van der Waals surface area contributed by atoms with Crippen molar-refractivity contribution in [1.82, 2.24) is 9.97 Å². The molecule has 0 atom stereocenters. The second-order valence-electron chi connectivity index (χ2n) is 4.65. The molecule has 0 spiro atoms. The van der Waals surface area contributed by atoms with Gasteiger partial charge in [-0.1, -0.05) is 28.7 Å². The van der Waals surface area contributed by atoms with Crippen molar-refractivity contribution in [2.75, 3.05) is 10.6 Å². The second-order valence-corrected chi connectivity index (χ2v) is 6.44. The first-order valence-corrected chi connectivity index (χ1v) is 8.65. The van der Waals surface area contributed by atoms with Crippen molar-refractivity contribution in [3.05, 3.63) is 34.2 Å². The van der Waals surface area contributed by atoms with Crippen LogP contribution in [0.1, 0.15) is 23.4 Å². The zero-order chi connectivity index (χ0) is 13.2. The molecule has 0 bridgehead atoms. The predicted molar refractivity (Wildman–Crippen MR) is 87.7 cm³/mol. The maximum atomic E-state index is 5.82.